The van der Waals surface area contributed by atoms with Gasteiger partial charge in [0, 0.05) is 0 Å². The number of rotatable bonds is 0. The van der Waals surface area contributed by atoms with Gasteiger partial charge in [-0.1, -0.05) is 0 Å². The normalized spacial score (nSPS) is 10.5. The molecule has 4 N–H and O–H groups in total. The monoisotopic (exact) mass is 463 g/mol. The Bertz CT molecular complexity index is 479. The van der Waals surface area contributed by atoms with Crippen LogP contribution in [0.3, 0.4) is 0 Å². The molecule has 131 valence electrons. The third kappa shape index (κ3) is 8210. The first-order valence-electron chi connectivity index (χ1n) is 2.73. The summed E-state index contributed by atoms with van der Waals surface area (Å²) in [6.45, 7) is 0. The van der Waals surface area contributed by atoms with Crippen LogP contribution >= 0.6 is 0 Å². The van der Waals surface area contributed by atoms with E-state index in [1.165, 1.54) is 0 Å². The van der Waals surface area contributed by atoms with E-state index >= 15 is 0 Å². The van der Waals surface area contributed by atoms with Gasteiger partial charge in [0.1, 0.15) is 0 Å². The first-order valence-corrected chi connectivity index (χ1v) is 8.19. The molecule has 0 atom stereocenters. The fraction of sp³-hybridized carbons (Fsp3) is 0. The summed E-state index contributed by atoms with van der Waals surface area (Å²) in [5.74, 6) is 0. The van der Waals surface area contributed by atoms with Gasteiger partial charge in [0.15, 0.2) is 0 Å². The maximum atomic E-state index is 8.63. The van der Waals surface area contributed by atoms with Crippen molar-refractivity contribution in [2.45, 2.75) is 0 Å². The van der Waals surface area contributed by atoms with E-state index in [9.17, 15) is 0 Å². The van der Waals surface area contributed by atoms with Gasteiger partial charge in [0.25, 0.3) is 0 Å². The van der Waals surface area contributed by atoms with E-state index in [1.807, 2.05) is 0 Å². The molecule has 0 unspecified atom stereocenters. The van der Waals surface area contributed by atoms with Gasteiger partial charge in [-0.25, -0.2) is 33.7 Å². The Labute approximate surface area is 157 Å². The largest absolute Gasteiger partial charge is 3.00 e. The average molecular weight is 463 g/mol. The molecule has 0 aliphatic rings. The third-order valence-electron chi connectivity index (χ3n) is 0. The van der Waals surface area contributed by atoms with Gasteiger partial charge >= 0.3 is 46.9 Å². The molecule has 0 saturated heterocycles. The first kappa shape index (κ1) is 38.5. The smallest absolute Gasteiger partial charge is 0.726 e. The molecular formula is H4CrNaO16S4. The molecule has 0 aromatic rings. The van der Waals surface area contributed by atoms with E-state index in [0.717, 1.165) is 0 Å². The van der Waals surface area contributed by atoms with E-state index in [-0.39, 0.29) is 46.9 Å². The molecule has 0 bridgehead atoms. The molecule has 22 heteroatoms. The number of hydrogen-bond acceptors (Lipinski definition) is 12. The van der Waals surface area contributed by atoms with Crippen LogP contribution in [0.25, 0.3) is 0 Å². The maximum Gasteiger partial charge on any atom is 3.00 e. The van der Waals surface area contributed by atoms with Crippen LogP contribution in [-0.4, -0.2) is 70.1 Å². The van der Waals surface area contributed by atoms with Gasteiger partial charge < -0.3 is 18.2 Å². The standard InChI is InChI=1S/Cr.Na.4H2O4S/c;;4*1-5(2,3)4/h;;4*(H2,1,2,3,4)/q+3;+1;;;;/p-4. The summed E-state index contributed by atoms with van der Waals surface area (Å²) in [7, 11) is -19.7. The van der Waals surface area contributed by atoms with Crippen molar-refractivity contribution in [1.29, 1.82) is 0 Å². The van der Waals surface area contributed by atoms with Crippen molar-refractivity contribution in [3.8, 4) is 0 Å². The predicted molar refractivity (Wildman–Crippen MR) is 49.3 cm³/mol. The van der Waals surface area contributed by atoms with Gasteiger partial charge in [-0.2, -0.15) is 0 Å². The zero-order valence-electron chi connectivity index (χ0n) is 9.73. The van der Waals surface area contributed by atoms with Crippen LogP contribution in [0.1, 0.15) is 0 Å². The average Bonchev–Trinajstić information content (AvgIpc) is 1.62. The minimum absolute atomic E-state index is 0. The molecule has 16 nitrogen and oxygen atoms in total. The quantitative estimate of drug-likeness (QED) is 0.147. The Morgan fingerprint density at radius 2 is 0.455 bits per heavy atom. The van der Waals surface area contributed by atoms with Crippen LogP contribution in [0.4, 0.5) is 0 Å². The van der Waals surface area contributed by atoms with Crippen molar-refractivity contribution >= 4 is 41.6 Å². The SMILES string of the molecule is O=S(=O)([O-])O.O=S(=O)([O-])O.O=S(=O)([O-])O.O=S(=O)([O-])O.[Cr+3].[Na+]. The molecule has 0 aromatic heterocycles. The molecule has 22 heavy (non-hydrogen) atoms. The van der Waals surface area contributed by atoms with E-state index in [0.29, 0.717) is 0 Å². The maximum absolute atomic E-state index is 8.63. The van der Waals surface area contributed by atoms with Gasteiger partial charge in [0.05, 0.1) is 0 Å². The Kier molecular flexibility index (Phi) is 27.2. The first-order chi connectivity index (χ1) is 8.00. The van der Waals surface area contributed by atoms with Gasteiger partial charge in [-0.15, -0.1) is 0 Å². The summed E-state index contributed by atoms with van der Waals surface area (Å²) in [6, 6.07) is 0. The second kappa shape index (κ2) is 15.5. The summed E-state index contributed by atoms with van der Waals surface area (Å²) in [6.07, 6.45) is 0. The molecular weight excluding hydrogens is 459 g/mol. The summed E-state index contributed by atoms with van der Waals surface area (Å²) in [4.78, 5) is 0. The third-order valence-corrected chi connectivity index (χ3v) is 0. The van der Waals surface area contributed by atoms with Crippen molar-refractivity contribution in [3.05, 3.63) is 0 Å². The number of hydrogen-bond donors (Lipinski definition) is 4. The zero-order valence-corrected chi connectivity index (χ0v) is 16.3. The topological polar surface area (TPSA) is 310 Å². The Morgan fingerprint density at radius 1 is 0.455 bits per heavy atom. The molecule has 0 fully saturated rings. The molecule has 1 radical (unpaired) electrons. The molecule has 0 aliphatic carbocycles. The van der Waals surface area contributed by atoms with Crippen LogP contribution < -0.4 is 29.6 Å². The van der Waals surface area contributed by atoms with Gasteiger partial charge in [-0.05, 0) is 0 Å². The van der Waals surface area contributed by atoms with Crippen LogP contribution in [-0.2, 0) is 59.0 Å². The van der Waals surface area contributed by atoms with E-state index in [2.05, 4.69) is 0 Å². The molecule has 0 heterocycles. The minimum Gasteiger partial charge on any atom is -0.726 e. The Balaban J connectivity index is -0.0000000376. The summed E-state index contributed by atoms with van der Waals surface area (Å²) in [5.41, 5.74) is 0. The molecule has 0 amide bonds. The van der Waals surface area contributed by atoms with Crippen molar-refractivity contribution in [2.75, 3.05) is 0 Å². The zero-order chi connectivity index (χ0) is 18.0. The summed E-state index contributed by atoms with van der Waals surface area (Å²) < 4.78 is 131. The van der Waals surface area contributed by atoms with Crippen molar-refractivity contribution in [3.63, 3.8) is 0 Å². The van der Waals surface area contributed by atoms with Crippen molar-refractivity contribution < 1.29 is 117 Å². The Morgan fingerprint density at radius 3 is 0.455 bits per heavy atom. The molecule has 0 spiro atoms. The minimum atomic E-state index is -4.92. The molecule has 0 aliphatic heterocycles. The molecule has 0 rings (SSSR count). The Hall–Kier alpha value is 1.01. The van der Waals surface area contributed by atoms with E-state index in [1.54, 1.807) is 0 Å². The van der Waals surface area contributed by atoms with E-state index in [4.69, 9.17) is 70.1 Å². The van der Waals surface area contributed by atoms with Crippen LogP contribution in [0.15, 0.2) is 0 Å². The van der Waals surface area contributed by atoms with Crippen LogP contribution in [0.5, 0.6) is 0 Å². The summed E-state index contributed by atoms with van der Waals surface area (Å²) >= 11 is 0. The van der Waals surface area contributed by atoms with Gasteiger partial charge in [-0.3, -0.25) is 18.2 Å². The van der Waals surface area contributed by atoms with E-state index < -0.39 is 41.6 Å². The van der Waals surface area contributed by atoms with Crippen molar-refractivity contribution in [1.82, 2.24) is 0 Å². The van der Waals surface area contributed by atoms with Crippen LogP contribution in [0, 0.1) is 0 Å². The second-order valence-corrected chi connectivity index (χ2v) is 5.13. The summed E-state index contributed by atoms with van der Waals surface area (Å²) in [5, 5.41) is 0. The molecule has 0 aromatic carbocycles. The molecule has 0 saturated carbocycles. The van der Waals surface area contributed by atoms with Gasteiger partial charge in [0.2, 0.25) is 41.6 Å². The fourth-order valence-electron chi connectivity index (χ4n) is 0. The van der Waals surface area contributed by atoms with Crippen molar-refractivity contribution in [2.24, 2.45) is 0 Å². The second-order valence-electron chi connectivity index (χ2n) is 1.71. The predicted octanol–water partition coefficient (Wildman–Crippen LogP) is -6.98. The van der Waals surface area contributed by atoms with Crippen LogP contribution in [0.2, 0.25) is 0 Å². The fourth-order valence-corrected chi connectivity index (χ4v) is 0.